The van der Waals surface area contributed by atoms with Crippen molar-refractivity contribution in [2.24, 2.45) is 0 Å². The van der Waals surface area contributed by atoms with Gasteiger partial charge in [-0.15, -0.1) is 0 Å². The van der Waals surface area contributed by atoms with Gasteiger partial charge in [0, 0.05) is 5.57 Å². The maximum atomic E-state index is 11.5. The van der Waals surface area contributed by atoms with E-state index in [0.717, 1.165) is 0 Å². The van der Waals surface area contributed by atoms with E-state index in [1.807, 2.05) is 26.8 Å². The summed E-state index contributed by atoms with van der Waals surface area (Å²) in [7, 11) is 0. The van der Waals surface area contributed by atoms with Crippen LogP contribution in [0.4, 0.5) is 0 Å². The third-order valence-electron chi connectivity index (χ3n) is 3.64. The zero-order valence-corrected chi connectivity index (χ0v) is 11.1. The molecule has 0 aromatic carbocycles. The first kappa shape index (κ1) is 12.6. The molecule has 0 aliphatic carbocycles. The van der Waals surface area contributed by atoms with Gasteiger partial charge in [-0.2, -0.15) is 0 Å². The molecule has 2 aliphatic rings. The number of epoxide rings is 2. The van der Waals surface area contributed by atoms with Crippen molar-refractivity contribution < 1.29 is 19.0 Å². The molecule has 0 aromatic rings. The van der Waals surface area contributed by atoms with Gasteiger partial charge < -0.3 is 14.2 Å². The molecule has 2 fully saturated rings. The summed E-state index contributed by atoms with van der Waals surface area (Å²) in [6.07, 6.45) is 2.11. The van der Waals surface area contributed by atoms with Crippen molar-refractivity contribution in [3.8, 4) is 0 Å². The predicted molar refractivity (Wildman–Crippen MR) is 62.6 cm³/mol. The fourth-order valence-corrected chi connectivity index (χ4v) is 2.37. The van der Waals surface area contributed by atoms with Crippen LogP contribution in [0.1, 0.15) is 34.6 Å². The minimum absolute atomic E-state index is 0.0365. The molecule has 0 bridgehead atoms. The average molecular weight is 240 g/mol. The summed E-state index contributed by atoms with van der Waals surface area (Å²) in [6.45, 7) is 9.99. The molecule has 4 atom stereocenters. The maximum absolute atomic E-state index is 11.5. The molecule has 4 nitrogen and oxygen atoms in total. The predicted octanol–water partition coefficient (Wildman–Crippen LogP) is 1.83. The first-order valence-corrected chi connectivity index (χ1v) is 6.05. The third-order valence-corrected chi connectivity index (χ3v) is 3.64. The molecule has 2 heterocycles. The van der Waals surface area contributed by atoms with E-state index in [9.17, 15) is 4.79 Å². The second-order valence-electron chi connectivity index (χ2n) is 5.17. The third kappa shape index (κ3) is 2.11. The second-order valence-corrected chi connectivity index (χ2v) is 5.17. The van der Waals surface area contributed by atoms with Crippen LogP contribution in [-0.4, -0.2) is 36.0 Å². The van der Waals surface area contributed by atoms with Crippen LogP contribution < -0.4 is 0 Å². The van der Waals surface area contributed by atoms with Crippen LogP contribution in [-0.2, 0) is 19.0 Å². The molecule has 0 N–H and O–H groups in total. The zero-order chi connectivity index (χ0) is 12.8. The topological polar surface area (TPSA) is 51.4 Å². The summed E-state index contributed by atoms with van der Waals surface area (Å²) in [4.78, 5) is 11.5. The Labute approximate surface area is 102 Å². The van der Waals surface area contributed by atoms with Gasteiger partial charge in [-0.25, -0.2) is 4.79 Å². The van der Waals surface area contributed by atoms with Crippen LogP contribution >= 0.6 is 0 Å². The zero-order valence-electron chi connectivity index (χ0n) is 11.1. The van der Waals surface area contributed by atoms with Crippen LogP contribution in [0, 0.1) is 0 Å². The molecular weight excluding hydrogens is 220 g/mol. The van der Waals surface area contributed by atoms with E-state index in [2.05, 4.69) is 0 Å². The van der Waals surface area contributed by atoms with Gasteiger partial charge >= 0.3 is 5.97 Å². The van der Waals surface area contributed by atoms with E-state index >= 15 is 0 Å². The van der Waals surface area contributed by atoms with E-state index in [1.54, 1.807) is 13.8 Å². The summed E-state index contributed by atoms with van der Waals surface area (Å²) < 4.78 is 16.2. The van der Waals surface area contributed by atoms with Gasteiger partial charge in [0.05, 0.1) is 12.7 Å². The highest BCUT2D eigenvalue weighted by Crippen LogP contribution is 2.55. The number of hydrogen-bond donors (Lipinski definition) is 0. The Kier molecular flexibility index (Phi) is 2.83. The Morgan fingerprint density at radius 1 is 1.41 bits per heavy atom. The standard InChI is InChI=1S/C13H20O4/c1-6-15-10(14)8(2)7-12(4)11(17-12)13(5)9(3)16-13/h7,9,11H,6H2,1-5H3/b8-7+/t9-,11+,12+,13+/m1/s1. The number of ether oxygens (including phenoxy) is 3. The molecule has 0 spiro atoms. The molecule has 0 aromatic heterocycles. The van der Waals surface area contributed by atoms with Crippen molar-refractivity contribution in [3.05, 3.63) is 11.6 Å². The smallest absolute Gasteiger partial charge is 0.333 e. The van der Waals surface area contributed by atoms with Crippen molar-refractivity contribution in [3.63, 3.8) is 0 Å². The molecule has 2 aliphatic heterocycles. The highest BCUT2D eigenvalue weighted by Gasteiger charge is 2.70. The van der Waals surface area contributed by atoms with Crippen molar-refractivity contribution in [2.75, 3.05) is 6.61 Å². The van der Waals surface area contributed by atoms with Crippen molar-refractivity contribution in [1.82, 2.24) is 0 Å². The minimum atomic E-state index is -0.393. The fourth-order valence-electron chi connectivity index (χ4n) is 2.37. The Morgan fingerprint density at radius 3 is 2.47 bits per heavy atom. The first-order chi connectivity index (χ1) is 7.83. The first-order valence-electron chi connectivity index (χ1n) is 6.05. The van der Waals surface area contributed by atoms with Crippen LogP contribution in [0.25, 0.3) is 0 Å². The lowest BCUT2D eigenvalue weighted by atomic mass is 9.93. The molecular formula is C13H20O4. The van der Waals surface area contributed by atoms with E-state index in [1.165, 1.54) is 0 Å². The number of carbonyl (C=O) groups is 1. The summed E-state index contributed by atoms with van der Waals surface area (Å²) in [5.74, 6) is -0.280. The highest BCUT2D eigenvalue weighted by molar-refractivity contribution is 5.88. The van der Waals surface area contributed by atoms with Gasteiger partial charge in [0.25, 0.3) is 0 Å². The SMILES string of the molecule is CCOC(=O)/C(C)=C/[C@]1(C)O[C@@H]1[C@@]1(C)O[C@@H]1C. The van der Waals surface area contributed by atoms with E-state index < -0.39 is 5.60 Å². The van der Waals surface area contributed by atoms with Crippen LogP contribution in [0.5, 0.6) is 0 Å². The van der Waals surface area contributed by atoms with Crippen molar-refractivity contribution in [1.29, 1.82) is 0 Å². The second kappa shape index (κ2) is 3.82. The van der Waals surface area contributed by atoms with Crippen molar-refractivity contribution >= 4 is 5.97 Å². The van der Waals surface area contributed by atoms with E-state index in [0.29, 0.717) is 12.2 Å². The van der Waals surface area contributed by atoms with Crippen molar-refractivity contribution in [2.45, 2.75) is 58.0 Å². The molecule has 96 valence electrons. The molecule has 0 radical (unpaired) electrons. The maximum Gasteiger partial charge on any atom is 0.333 e. The van der Waals surface area contributed by atoms with E-state index in [4.69, 9.17) is 14.2 Å². The molecule has 0 unspecified atom stereocenters. The normalized spacial score (nSPS) is 44.4. The Balaban J connectivity index is 2.01. The Morgan fingerprint density at radius 2 is 2.00 bits per heavy atom. The summed E-state index contributed by atoms with van der Waals surface area (Å²) in [5.41, 5.74) is 0.00468. The minimum Gasteiger partial charge on any atom is -0.463 e. The van der Waals surface area contributed by atoms with Gasteiger partial charge in [0.15, 0.2) is 0 Å². The average Bonchev–Trinajstić information content (AvgIpc) is 3.07. The Bertz CT molecular complexity index is 376. The van der Waals surface area contributed by atoms with Gasteiger partial charge in [-0.05, 0) is 40.7 Å². The number of hydrogen-bond acceptors (Lipinski definition) is 4. The van der Waals surface area contributed by atoms with Crippen LogP contribution in [0.15, 0.2) is 11.6 Å². The van der Waals surface area contributed by atoms with Gasteiger partial charge in [0.2, 0.25) is 0 Å². The fraction of sp³-hybridized carbons (Fsp3) is 0.769. The molecule has 4 heteroatoms. The number of esters is 1. The highest BCUT2D eigenvalue weighted by atomic mass is 16.7. The largest absolute Gasteiger partial charge is 0.463 e. The summed E-state index contributed by atoms with van der Waals surface area (Å²) in [6, 6.07) is 0. The monoisotopic (exact) mass is 240 g/mol. The molecule has 2 saturated heterocycles. The summed E-state index contributed by atoms with van der Waals surface area (Å²) in [5, 5.41) is 0. The number of carbonyl (C=O) groups excluding carboxylic acids is 1. The van der Waals surface area contributed by atoms with Gasteiger partial charge in [-0.1, -0.05) is 0 Å². The molecule has 0 amide bonds. The van der Waals surface area contributed by atoms with Crippen LogP contribution in [0.2, 0.25) is 0 Å². The lowest BCUT2D eigenvalue weighted by Crippen LogP contribution is -2.24. The molecule has 17 heavy (non-hydrogen) atoms. The van der Waals surface area contributed by atoms with Gasteiger partial charge in [-0.3, -0.25) is 0 Å². The van der Waals surface area contributed by atoms with Gasteiger partial charge in [0.1, 0.15) is 17.3 Å². The van der Waals surface area contributed by atoms with Crippen LogP contribution in [0.3, 0.4) is 0 Å². The lowest BCUT2D eigenvalue weighted by molar-refractivity contribution is -0.138. The number of rotatable bonds is 4. The molecule has 0 saturated carbocycles. The Hall–Kier alpha value is -0.870. The lowest BCUT2D eigenvalue weighted by Gasteiger charge is -2.06. The molecule has 2 rings (SSSR count). The quantitative estimate of drug-likeness (QED) is 0.427. The van der Waals surface area contributed by atoms with E-state index in [-0.39, 0.29) is 23.8 Å². The summed E-state index contributed by atoms with van der Waals surface area (Å²) >= 11 is 0.